The van der Waals surface area contributed by atoms with Crippen molar-refractivity contribution in [1.29, 1.82) is 0 Å². The molecule has 0 bridgehead atoms. The molecule has 2 N–H and O–H groups in total. The molecule has 1 heterocycles. The van der Waals surface area contributed by atoms with E-state index in [9.17, 15) is 10.2 Å². The van der Waals surface area contributed by atoms with Crippen molar-refractivity contribution in [2.75, 3.05) is 20.5 Å². The van der Waals surface area contributed by atoms with Crippen molar-refractivity contribution >= 4 is 8.32 Å². The van der Waals surface area contributed by atoms with Crippen LogP contribution in [0.25, 0.3) is 0 Å². The van der Waals surface area contributed by atoms with Crippen LogP contribution < -0.4 is 0 Å². The van der Waals surface area contributed by atoms with E-state index in [1.54, 1.807) is 7.11 Å². The molecule has 0 unspecified atom stereocenters. The summed E-state index contributed by atoms with van der Waals surface area (Å²) in [5.74, 6) is 0. The number of aliphatic hydroxyl groups excluding tert-OH is 1. The minimum absolute atomic E-state index is 0.00462. The zero-order valence-corrected chi connectivity index (χ0v) is 21.6. The quantitative estimate of drug-likeness (QED) is 0.350. The average molecular weight is 449 g/mol. The Labute approximate surface area is 183 Å². The molecule has 2 aliphatic rings. The molecule has 0 radical (unpaired) electrons. The maximum atomic E-state index is 12.0. The van der Waals surface area contributed by atoms with E-state index in [2.05, 4.69) is 33.9 Å². The highest BCUT2D eigenvalue weighted by Gasteiger charge is 2.66. The monoisotopic (exact) mass is 448 g/mol. The summed E-state index contributed by atoms with van der Waals surface area (Å²) in [6.07, 6.45) is -1.56. The Bertz CT molecular complexity index is 585. The van der Waals surface area contributed by atoms with Gasteiger partial charge in [-0.25, -0.2) is 0 Å². The van der Waals surface area contributed by atoms with Gasteiger partial charge in [-0.2, -0.15) is 0 Å². The van der Waals surface area contributed by atoms with Crippen LogP contribution in [0.2, 0.25) is 18.1 Å². The van der Waals surface area contributed by atoms with E-state index < -0.39 is 37.8 Å². The van der Waals surface area contributed by atoms with Crippen LogP contribution in [-0.2, 0) is 23.4 Å². The minimum atomic E-state index is -2.22. The molecule has 7 nitrogen and oxygen atoms in total. The molecule has 6 atom stereocenters. The van der Waals surface area contributed by atoms with Gasteiger partial charge in [-0.15, -0.1) is 0 Å². The van der Waals surface area contributed by atoms with Crippen molar-refractivity contribution in [3.63, 3.8) is 0 Å². The minimum Gasteiger partial charge on any atom is -0.411 e. The fourth-order valence-corrected chi connectivity index (χ4v) is 5.78. The van der Waals surface area contributed by atoms with E-state index in [-0.39, 0.29) is 30.1 Å². The molecular formula is C22H44O7Si. The van der Waals surface area contributed by atoms with Gasteiger partial charge in [0.15, 0.2) is 14.6 Å². The maximum absolute atomic E-state index is 12.0. The van der Waals surface area contributed by atoms with Crippen molar-refractivity contribution in [3.05, 3.63) is 0 Å². The Hall–Kier alpha value is -0.0631. The van der Waals surface area contributed by atoms with E-state index in [1.165, 1.54) is 0 Å². The summed E-state index contributed by atoms with van der Waals surface area (Å²) < 4.78 is 29.8. The number of hydrogen-bond acceptors (Lipinski definition) is 7. The number of hydrogen-bond donors (Lipinski definition) is 2. The van der Waals surface area contributed by atoms with Gasteiger partial charge in [0.1, 0.15) is 18.5 Å². The molecule has 0 aromatic heterocycles. The van der Waals surface area contributed by atoms with Crippen LogP contribution in [0, 0.1) is 5.41 Å². The molecule has 178 valence electrons. The van der Waals surface area contributed by atoms with Gasteiger partial charge in [-0.05, 0) is 38.9 Å². The molecule has 2 rings (SSSR count). The van der Waals surface area contributed by atoms with Crippen molar-refractivity contribution in [2.24, 2.45) is 5.41 Å². The summed E-state index contributed by atoms with van der Waals surface area (Å²) in [5.41, 5.74) is -2.39. The third kappa shape index (κ3) is 5.28. The summed E-state index contributed by atoms with van der Waals surface area (Å²) in [6, 6.07) is 0. The number of fused-ring (bicyclic) bond motifs is 1. The van der Waals surface area contributed by atoms with Gasteiger partial charge in [0.25, 0.3) is 0 Å². The van der Waals surface area contributed by atoms with Crippen LogP contribution in [0.1, 0.15) is 61.3 Å². The fraction of sp³-hybridized carbons (Fsp3) is 1.00. The Morgan fingerprint density at radius 3 is 2.20 bits per heavy atom. The second-order valence-electron chi connectivity index (χ2n) is 11.7. The van der Waals surface area contributed by atoms with Gasteiger partial charge in [-0.1, -0.05) is 27.7 Å². The first-order valence-corrected chi connectivity index (χ1v) is 13.9. The van der Waals surface area contributed by atoms with Crippen LogP contribution in [0.5, 0.6) is 0 Å². The standard InChI is InChI=1S/C22H44O7Si/c1-19(2,3)28-15-11-16(29-30(9,10)20(4,5)6)22(24,13-26-14-25-8)18-21(15,7)12-17(23)27-18/h15-18,23-24H,11-14H2,1-10H3/t15-,16-,17-,18+,21+,22-/m0/s1. The van der Waals surface area contributed by atoms with E-state index in [4.69, 9.17) is 23.4 Å². The van der Waals surface area contributed by atoms with Crippen molar-refractivity contribution < 1.29 is 33.6 Å². The lowest BCUT2D eigenvalue weighted by Crippen LogP contribution is -2.70. The van der Waals surface area contributed by atoms with E-state index >= 15 is 0 Å². The van der Waals surface area contributed by atoms with E-state index in [1.807, 2.05) is 27.7 Å². The number of ether oxygens (including phenoxy) is 4. The molecule has 1 saturated heterocycles. The zero-order chi connectivity index (χ0) is 23.2. The Morgan fingerprint density at radius 2 is 1.70 bits per heavy atom. The van der Waals surface area contributed by atoms with Crippen molar-refractivity contribution in [1.82, 2.24) is 0 Å². The van der Waals surface area contributed by atoms with Crippen LogP contribution in [0.3, 0.4) is 0 Å². The topological polar surface area (TPSA) is 86.6 Å². The zero-order valence-electron chi connectivity index (χ0n) is 20.6. The van der Waals surface area contributed by atoms with Crippen LogP contribution in [0.4, 0.5) is 0 Å². The molecule has 0 aromatic carbocycles. The van der Waals surface area contributed by atoms with Gasteiger partial charge < -0.3 is 33.6 Å². The Balaban J connectivity index is 2.47. The molecule has 1 aliphatic carbocycles. The average Bonchev–Trinajstić information content (AvgIpc) is 2.87. The van der Waals surface area contributed by atoms with Crippen molar-refractivity contribution in [3.8, 4) is 0 Å². The summed E-state index contributed by atoms with van der Waals surface area (Å²) in [6.45, 7) is 19.0. The van der Waals surface area contributed by atoms with Gasteiger partial charge in [0, 0.05) is 25.4 Å². The van der Waals surface area contributed by atoms with Crippen LogP contribution in [0.15, 0.2) is 0 Å². The van der Waals surface area contributed by atoms with Gasteiger partial charge >= 0.3 is 0 Å². The third-order valence-electron chi connectivity index (χ3n) is 6.96. The highest BCUT2D eigenvalue weighted by atomic mass is 28.4. The molecule has 30 heavy (non-hydrogen) atoms. The maximum Gasteiger partial charge on any atom is 0.192 e. The molecule has 1 saturated carbocycles. The molecule has 0 spiro atoms. The summed E-state index contributed by atoms with van der Waals surface area (Å²) in [7, 11) is -0.679. The van der Waals surface area contributed by atoms with Gasteiger partial charge in [0.2, 0.25) is 0 Å². The van der Waals surface area contributed by atoms with Gasteiger partial charge in [0.05, 0.1) is 24.4 Å². The number of methoxy groups -OCH3 is 1. The largest absolute Gasteiger partial charge is 0.411 e. The van der Waals surface area contributed by atoms with Crippen LogP contribution in [-0.4, -0.2) is 74.8 Å². The summed E-state index contributed by atoms with van der Waals surface area (Å²) >= 11 is 0. The molecule has 1 aliphatic heterocycles. The highest BCUT2D eigenvalue weighted by molar-refractivity contribution is 6.74. The first-order valence-electron chi connectivity index (χ1n) is 10.9. The SMILES string of the molecule is COCOC[C@]1(O)[C@@H](O[Si](C)(C)C(C)(C)C)C[C@H](OC(C)(C)C)[C@@]2(C)C[C@@H](O)O[C@H]21. The normalized spacial score (nSPS) is 38.0. The molecular weight excluding hydrogens is 404 g/mol. The highest BCUT2D eigenvalue weighted by Crippen LogP contribution is 2.55. The Kier molecular flexibility index (Phi) is 7.60. The lowest BCUT2D eigenvalue weighted by molar-refractivity contribution is -0.274. The van der Waals surface area contributed by atoms with E-state index in [0.29, 0.717) is 12.8 Å². The summed E-state index contributed by atoms with van der Waals surface area (Å²) in [5, 5.41) is 22.4. The number of aliphatic hydroxyl groups is 2. The predicted octanol–water partition coefficient (Wildman–Crippen LogP) is 3.43. The van der Waals surface area contributed by atoms with E-state index in [0.717, 1.165) is 0 Å². The summed E-state index contributed by atoms with van der Waals surface area (Å²) in [4.78, 5) is 0. The first kappa shape index (κ1) is 26.2. The second-order valence-corrected chi connectivity index (χ2v) is 16.5. The predicted molar refractivity (Wildman–Crippen MR) is 118 cm³/mol. The number of rotatable bonds is 7. The lowest BCUT2D eigenvalue weighted by atomic mass is 9.62. The van der Waals surface area contributed by atoms with Crippen molar-refractivity contribution in [2.45, 2.75) is 115 Å². The third-order valence-corrected chi connectivity index (χ3v) is 11.4. The Morgan fingerprint density at radius 1 is 1.10 bits per heavy atom. The fourth-order valence-electron chi connectivity index (χ4n) is 4.42. The molecule has 2 fully saturated rings. The van der Waals surface area contributed by atoms with Gasteiger partial charge in [-0.3, -0.25) is 0 Å². The molecule has 0 aromatic rings. The molecule has 8 heteroatoms. The second kappa shape index (κ2) is 8.70. The lowest BCUT2D eigenvalue weighted by Gasteiger charge is -2.56. The van der Waals surface area contributed by atoms with Crippen LogP contribution >= 0.6 is 0 Å². The molecule has 0 amide bonds. The first-order chi connectivity index (χ1) is 13.5. The smallest absolute Gasteiger partial charge is 0.192 e.